The molecule has 4 heteroatoms. The summed E-state index contributed by atoms with van der Waals surface area (Å²) in [6, 6.07) is 1.77. The third-order valence-electron chi connectivity index (χ3n) is 0.367. The third-order valence-corrected chi connectivity index (χ3v) is 0.367. The quantitative estimate of drug-likeness (QED) is 0.382. The Hall–Kier alpha value is -1.60. The maximum atomic E-state index is 9.25. The number of hydrogen-bond donors (Lipinski definition) is 2. The van der Waals surface area contributed by atoms with Gasteiger partial charge in [-0.2, -0.15) is 5.26 Å². The molecule has 0 rings (SSSR count). The average molecular weight is 141 g/mol. The van der Waals surface area contributed by atoms with Crippen LogP contribution in [0.15, 0.2) is 24.9 Å². The smallest absolute Gasteiger partial charge is 0.327 e. The van der Waals surface area contributed by atoms with Crippen molar-refractivity contribution in [2.45, 2.75) is 0 Å². The minimum atomic E-state index is -0.981. The summed E-state index contributed by atoms with van der Waals surface area (Å²) in [4.78, 5) is 9.25. The fraction of sp³-hybridized carbons (Fsp3) is 0. The Kier molecular flexibility index (Phi) is 11.7. The number of nitriles is 1. The van der Waals surface area contributed by atoms with E-state index in [0.717, 1.165) is 6.08 Å². The number of hydrogen-bond acceptors (Lipinski definition) is 2. The Morgan fingerprint density at radius 1 is 1.80 bits per heavy atom. The van der Waals surface area contributed by atoms with Gasteiger partial charge in [0.05, 0.1) is 12.1 Å². The minimum Gasteiger partial charge on any atom is -0.478 e. The molecule has 0 atom stereocenters. The molecular formula is C6H9N2O2+. The molecule has 0 saturated carbocycles. The van der Waals surface area contributed by atoms with E-state index in [1.54, 1.807) is 6.07 Å². The maximum Gasteiger partial charge on any atom is 0.327 e. The summed E-state index contributed by atoms with van der Waals surface area (Å²) in [6.07, 6.45) is 3.60. The number of carbonyl (C=O) groups is 1. The molecule has 0 bridgehead atoms. The van der Waals surface area contributed by atoms with E-state index in [1.165, 1.54) is 12.3 Å². The van der Waals surface area contributed by atoms with Crippen LogP contribution < -0.4 is 5.73 Å². The highest BCUT2D eigenvalue weighted by atomic mass is 16.4. The standard InChI is InChI=1S/C3H4N2.C3H4O2/c4-2-1-3-5;1-2-3(4)5/h1-2H,4H2;2H,1H2,(H,4,5)/p+1. The van der Waals surface area contributed by atoms with E-state index in [0.29, 0.717) is 0 Å². The van der Waals surface area contributed by atoms with Crippen molar-refractivity contribution in [3.05, 3.63) is 24.9 Å². The van der Waals surface area contributed by atoms with Crippen LogP contribution in [0.1, 0.15) is 0 Å². The first-order chi connectivity index (χ1) is 4.68. The number of aliphatic carboxylic acids is 1. The van der Waals surface area contributed by atoms with Crippen molar-refractivity contribution in [2.24, 2.45) is 0 Å². The van der Waals surface area contributed by atoms with Crippen LogP contribution in [0.25, 0.3) is 0 Å². The minimum absolute atomic E-state index is 0.833. The molecule has 0 aliphatic rings. The lowest BCUT2D eigenvalue weighted by atomic mass is 10.7. The van der Waals surface area contributed by atoms with E-state index in [-0.39, 0.29) is 0 Å². The van der Waals surface area contributed by atoms with E-state index in [4.69, 9.17) is 10.4 Å². The zero-order valence-corrected chi connectivity index (χ0v) is 5.45. The molecule has 0 heterocycles. The number of rotatable bonds is 1. The Labute approximate surface area is 58.9 Å². The molecule has 0 aromatic heterocycles. The van der Waals surface area contributed by atoms with Crippen LogP contribution in [0.5, 0.6) is 0 Å². The van der Waals surface area contributed by atoms with Crippen molar-refractivity contribution in [3.63, 3.8) is 0 Å². The highest BCUT2D eigenvalue weighted by Gasteiger charge is 1.73. The molecule has 4 N–H and O–H groups in total. The largest absolute Gasteiger partial charge is 0.478 e. The molecule has 0 unspecified atom stereocenters. The van der Waals surface area contributed by atoms with Crippen LogP contribution in [0.3, 0.4) is 0 Å². The summed E-state index contributed by atoms with van der Waals surface area (Å²) in [7, 11) is 0. The monoisotopic (exact) mass is 141 g/mol. The molecule has 0 amide bonds. The van der Waals surface area contributed by atoms with Crippen molar-refractivity contribution in [2.75, 3.05) is 0 Å². The first-order valence-electron chi connectivity index (χ1n) is 2.38. The van der Waals surface area contributed by atoms with Gasteiger partial charge in [-0.3, -0.25) is 0 Å². The molecule has 0 aliphatic carbocycles. The molecule has 0 aromatic rings. The van der Waals surface area contributed by atoms with Crippen LogP contribution in [0, 0.1) is 11.3 Å². The predicted molar refractivity (Wildman–Crippen MR) is 35.5 cm³/mol. The lowest BCUT2D eigenvalue weighted by Gasteiger charge is -1.64. The third kappa shape index (κ3) is 32.4. The zero-order chi connectivity index (χ0) is 8.41. The Balaban J connectivity index is 0. The summed E-state index contributed by atoms with van der Waals surface area (Å²) in [5, 5.41) is 15.3. The van der Waals surface area contributed by atoms with Crippen molar-refractivity contribution in [3.8, 4) is 6.07 Å². The van der Waals surface area contributed by atoms with Gasteiger partial charge < -0.3 is 10.8 Å². The highest BCUT2D eigenvalue weighted by Crippen LogP contribution is 1.54. The predicted octanol–water partition coefficient (Wildman–Crippen LogP) is -0.477. The first-order valence-corrected chi connectivity index (χ1v) is 2.38. The zero-order valence-electron chi connectivity index (χ0n) is 5.45. The van der Waals surface area contributed by atoms with Crippen LogP contribution >= 0.6 is 0 Å². The van der Waals surface area contributed by atoms with Gasteiger partial charge in [-0.25, -0.2) is 4.79 Å². The lowest BCUT2D eigenvalue weighted by Crippen LogP contribution is -2.38. The molecule has 4 nitrogen and oxygen atoms in total. The van der Waals surface area contributed by atoms with E-state index >= 15 is 0 Å². The summed E-state index contributed by atoms with van der Waals surface area (Å²) in [5.74, 6) is -0.981. The molecule has 0 fully saturated rings. The van der Waals surface area contributed by atoms with Crippen molar-refractivity contribution < 1.29 is 15.6 Å². The first kappa shape index (κ1) is 11.2. The van der Waals surface area contributed by atoms with Gasteiger partial charge in [-0.15, -0.1) is 0 Å². The molecule has 54 valence electrons. The summed E-state index contributed by atoms with van der Waals surface area (Å²) in [6.45, 7) is 2.96. The summed E-state index contributed by atoms with van der Waals surface area (Å²) < 4.78 is 0. The van der Waals surface area contributed by atoms with Crippen molar-refractivity contribution in [1.29, 1.82) is 5.26 Å². The molecule has 10 heavy (non-hydrogen) atoms. The summed E-state index contributed by atoms with van der Waals surface area (Å²) >= 11 is 0. The molecule has 0 aromatic carbocycles. The summed E-state index contributed by atoms with van der Waals surface area (Å²) in [5.41, 5.74) is 3.27. The fourth-order valence-corrected chi connectivity index (χ4v) is 0.0527. The van der Waals surface area contributed by atoms with Crippen molar-refractivity contribution >= 4 is 5.97 Å². The van der Waals surface area contributed by atoms with Crippen LogP contribution in [-0.2, 0) is 4.79 Å². The average Bonchev–Trinajstić information content (AvgIpc) is 1.91. The number of nitrogens with zero attached hydrogens (tertiary/aromatic N) is 1. The highest BCUT2D eigenvalue weighted by molar-refractivity contribution is 5.78. The van der Waals surface area contributed by atoms with Gasteiger partial charge in [0.2, 0.25) is 0 Å². The Morgan fingerprint density at radius 2 is 2.20 bits per heavy atom. The van der Waals surface area contributed by atoms with Gasteiger partial charge in [0.25, 0.3) is 0 Å². The second kappa shape index (κ2) is 10.4. The van der Waals surface area contributed by atoms with E-state index < -0.39 is 5.97 Å². The van der Waals surface area contributed by atoms with Gasteiger partial charge >= 0.3 is 5.97 Å². The second-order valence-electron chi connectivity index (χ2n) is 1.07. The number of allylic oxidation sites excluding steroid dienone is 1. The van der Waals surface area contributed by atoms with Gasteiger partial charge in [0, 0.05) is 6.08 Å². The van der Waals surface area contributed by atoms with E-state index in [9.17, 15) is 4.79 Å². The normalized spacial score (nSPS) is 7.20. The van der Waals surface area contributed by atoms with Crippen molar-refractivity contribution in [1.82, 2.24) is 0 Å². The van der Waals surface area contributed by atoms with Gasteiger partial charge in [-0.05, 0) is 0 Å². The van der Waals surface area contributed by atoms with Gasteiger partial charge in [0.15, 0.2) is 0 Å². The van der Waals surface area contributed by atoms with E-state index in [2.05, 4.69) is 12.3 Å². The second-order valence-corrected chi connectivity index (χ2v) is 1.07. The van der Waals surface area contributed by atoms with Gasteiger partial charge in [0.1, 0.15) is 6.20 Å². The topological polar surface area (TPSA) is 88.7 Å². The van der Waals surface area contributed by atoms with Crippen LogP contribution in [0.4, 0.5) is 0 Å². The molecule has 0 spiro atoms. The molecule has 0 radical (unpaired) electrons. The van der Waals surface area contributed by atoms with Crippen LogP contribution in [0.2, 0.25) is 0 Å². The fourth-order valence-electron chi connectivity index (χ4n) is 0.0527. The lowest BCUT2D eigenvalue weighted by molar-refractivity contribution is -0.274. The van der Waals surface area contributed by atoms with Gasteiger partial charge in [-0.1, -0.05) is 6.58 Å². The number of quaternary nitrogens is 1. The SMILES string of the molecule is C=CC(=O)O.N#CC=C[NH3+]. The Morgan fingerprint density at radius 3 is 2.20 bits per heavy atom. The molecular weight excluding hydrogens is 132 g/mol. The van der Waals surface area contributed by atoms with E-state index in [1.807, 2.05) is 0 Å². The molecule has 0 saturated heterocycles. The number of carboxylic acids is 1. The van der Waals surface area contributed by atoms with Crippen LogP contribution in [-0.4, -0.2) is 11.1 Å². The Bertz CT molecular complexity index is 167. The molecule has 0 aliphatic heterocycles. The number of carboxylic acid groups (broad SMARTS) is 1. The maximum absolute atomic E-state index is 9.25.